The average molecular weight is 479 g/mol. The quantitative estimate of drug-likeness (QED) is 0.272. The molecule has 1 N–H and O–H groups in total. The first-order valence-corrected chi connectivity index (χ1v) is 7.94. The van der Waals surface area contributed by atoms with Gasteiger partial charge in [-0.3, -0.25) is 25.0 Å². The normalized spacial score (nSPS) is 11.5. The summed E-state index contributed by atoms with van der Waals surface area (Å²) in [5.74, 6) is -2.48. The summed E-state index contributed by atoms with van der Waals surface area (Å²) >= 11 is 0. The van der Waals surface area contributed by atoms with Crippen LogP contribution in [0.2, 0.25) is 0 Å². The minimum absolute atomic E-state index is 0. The van der Waals surface area contributed by atoms with Crippen molar-refractivity contribution in [2.24, 2.45) is 0 Å². The molecule has 0 aliphatic rings. The number of alkyl halides is 7. The van der Waals surface area contributed by atoms with E-state index < -0.39 is 68.4 Å². The molecular formula is C16H9F7LiN3O6. The van der Waals surface area contributed by atoms with Crippen molar-refractivity contribution < 1.29 is 50.1 Å². The Labute approximate surface area is 190 Å². The molecule has 1 amide bonds. The number of amides is 1. The maximum atomic E-state index is 13.3. The van der Waals surface area contributed by atoms with Crippen LogP contribution in [-0.2, 0) is 6.18 Å². The number of ether oxygens (including phenoxy) is 1. The number of hydrogen-bond acceptors (Lipinski definition) is 6. The summed E-state index contributed by atoms with van der Waals surface area (Å²) in [5.41, 5.74) is -6.85. The van der Waals surface area contributed by atoms with E-state index in [0.29, 0.717) is 6.07 Å². The zero-order chi connectivity index (χ0) is 24.4. The van der Waals surface area contributed by atoms with Gasteiger partial charge in [0.15, 0.2) is 0 Å². The van der Waals surface area contributed by atoms with Gasteiger partial charge in [0.25, 0.3) is 17.3 Å². The molecule has 2 rings (SSSR count). The average Bonchev–Trinajstić information content (AvgIpc) is 2.66. The van der Waals surface area contributed by atoms with Crippen molar-refractivity contribution in [1.82, 2.24) is 0 Å². The Morgan fingerprint density at radius 1 is 1.00 bits per heavy atom. The van der Waals surface area contributed by atoms with Crippen molar-refractivity contribution in [3.8, 4) is 5.75 Å². The summed E-state index contributed by atoms with van der Waals surface area (Å²) in [7, 11) is 0. The SMILES string of the molecule is O=C(Nc1c([N+](=O)[O-])cc([N+](=O)[O-])cc1C(F)(F)F)c1cccc(OC(F)(F)C(F)F)c1.[LiH]. The second kappa shape index (κ2) is 10.0. The van der Waals surface area contributed by atoms with Crippen LogP contribution in [0.3, 0.4) is 0 Å². The number of halogens is 7. The standard InChI is InChI=1S/C16H8F7N3O6.Li.H/c17-14(18)16(22,23)32-9-3-1-2-7(4-9)13(27)24-12-10(15(19,20)21)5-8(25(28)29)6-11(12)26(30)31;;/h1-6,14H,(H,24,27);;. The van der Waals surface area contributed by atoms with Crippen molar-refractivity contribution >= 4 is 41.8 Å². The zero-order valence-electron chi connectivity index (χ0n) is 15.0. The molecule has 0 saturated carbocycles. The fraction of sp³-hybridized carbons (Fsp3) is 0.188. The van der Waals surface area contributed by atoms with Crippen molar-refractivity contribution in [3.05, 3.63) is 67.8 Å². The molecule has 0 aromatic heterocycles. The third kappa shape index (κ3) is 6.55. The number of nitrogens with one attached hydrogen (secondary N) is 1. The monoisotopic (exact) mass is 479 g/mol. The number of anilines is 1. The van der Waals surface area contributed by atoms with Gasteiger partial charge in [0.1, 0.15) is 11.4 Å². The van der Waals surface area contributed by atoms with E-state index in [1.807, 2.05) is 0 Å². The topological polar surface area (TPSA) is 125 Å². The van der Waals surface area contributed by atoms with Crippen molar-refractivity contribution in [1.29, 1.82) is 0 Å². The number of nitro benzene ring substituents is 2. The molecular weight excluding hydrogens is 470 g/mol. The first kappa shape index (κ1) is 27.7. The van der Waals surface area contributed by atoms with Gasteiger partial charge >= 0.3 is 37.6 Å². The number of nitrogens with zero attached hydrogens (tertiary/aromatic N) is 2. The molecule has 0 radical (unpaired) electrons. The third-order valence-electron chi connectivity index (χ3n) is 3.66. The van der Waals surface area contributed by atoms with E-state index in [2.05, 4.69) is 4.74 Å². The van der Waals surface area contributed by atoms with Gasteiger partial charge in [0.05, 0.1) is 21.5 Å². The number of rotatable bonds is 7. The Morgan fingerprint density at radius 2 is 1.61 bits per heavy atom. The van der Waals surface area contributed by atoms with Gasteiger partial charge in [0.2, 0.25) is 0 Å². The number of carbonyl (C=O) groups is 1. The summed E-state index contributed by atoms with van der Waals surface area (Å²) in [4.78, 5) is 31.5. The predicted octanol–water partition coefficient (Wildman–Crippen LogP) is 4.36. The summed E-state index contributed by atoms with van der Waals surface area (Å²) in [6.07, 6.45) is -14.6. The molecule has 33 heavy (non-hydrogen) atoms. The Hall–Kier alpha value is -3.38. The molecule has 0 bridgehead atoms. The van der Waals surface area contributed by atoms with Crippen molar-refractivity contribution in [2.45, 2.75) is 18.7 Å². The maximum absolute atomic E-state index is 13.3. The van der Waals surface area contributed by atoms with Crippen LogP contribution in [0.5, 0.6) is 5.75 Å². The van der Waals surface area contributed by atoms with E-state index in [0.717, 1.165) is 18.2 Å². The molecule has 0 heterocycles. The molecule has 0 unspecified atom stereocenters. The Balaban J connectivity index is 0.00000544. The van der Waals surface area contributed by atoms with Gasteiger partial charge in [0, 0.05) is 11.6 Å². The Morgan fingerprint density at radius 3 is 2.09 bits per heavy atom. The molecule has 9 nitrogen and oxygen atoms in total. The van der Waals surface area contributed by atoms with Crippen LogP contribution in [0, 0.1) is 20.2 Å². The first-order chi connectivity index (χ1) is 14.6. The summed E-state index contributed by atoms with van der Waals surface area (Å²) in [5, 5.41) is 23.5. The van der Waals surface area contributed by atoms with Gasteiger partial charge in [-0.1, -0.05) is 6.07 Å². The molecule has 17 heteroatoms. The van der Waals surface area contributed by atoms with E-state index >= 15 is 0 Å². The van der Waals surface area contributed by atoms with Gasteiger partial charge in [-0.25, -0.2) is 0 Å². The molecule has 2 aromatic rings. The van der Waals surface area contributed by atoms with E-state index in [1.54, 1.807) is 5.32 Å². The molecule has 0 aliphatic carbocycles. The fourth-order valence-electron chi connectivity index (χ4n) is 2.30. The first-order valence-electron chi connectivity index (χ1n) is 7.94. The Kier molecular flexibility index (Phi) is 8.42. The van der Waals surface area contributed by atoms with Gasteiger partial charge in [-0.05, 0) is 18.2 Å². The van der Waals surface area contributed by atoms with E-state index in [4.69, 9.17) is 0 Å². The van der Waals surface area contributed by atoms with Crippen molar-refractivity contribution in [3.63, 3.8) is 0 Å². The van der Waals surface area contributed by atoms with Crippen LogP contribution in [0.15, 0.2) is 36.4 Å². The second-order valence-corrected chi connectivity index (χ2v) is 5.85. The van der Waals surface area contributed by atoms with Crippen molar-refractivity contribution in [2.75, 3.05) is 5.32 Å². The molecule has 0 atom stereocenters. The van der Waals surface area contributed by atoms with E-state index in [1.165, 1.54) is 0 Å². The van der Waals surface area contributed by atoms with Gasteiger partial charge < -0.3 is 10.1 Å². The number of nitro groups is 2. The van der Waals surface area contributed by atoms with Crippen LogP contribution in [0.4, 0.5) is 47.8 Å². The number of hydrogen-bond donors (Lipinski definition) is 1. The fourth-order valence-corrected chi connectivity index (χ4v) is 2.30. The number of non-ortho nitro benzene ring substituents is 1. The summed E-state index contributed by atoms with van der Waals surface area (Å²) in [6.45, 7) is 0. The number of carbonyl (C=O) groups excluding carboxylic acids is 1. The van der Waals surface area contributed by atoms with Crippen LogP contribution >= 0.6 is 0 Å². The number of benzene rings is 2. The second-order valence-electron chi connectivity index (χ2n) is 5.85. The molecule has 174 valence electrons. The van der Waals surface area contributed by atoms with Crippen LogP contribution in [0.1, 0.15) is 15.9 Å². The van der Waals surface area contributed by atoms with Crippen LogP contribution in [0.25, 0.3) is 0 Å². The minimum atomic E-state index is -5.39. The summed E-state index contributed by atoms with van der Waals surface area (Å²) < 4.78 is 94.3. The third-order valence-corrected chi connectivity index (χ3v) is 3.66. The molecule has 2 aromatic carbocycles. The molecule has 0 aliphatic heterocycles. The predicted molar refractivity (Wildman–Crippen MR) is 97.9 cm³/mol. The van der Waals surface area contributed by atoms with Crippen LogP contribution < -0.4 is 10.1 Å². The summed E-state index contributed by atoms with van der Waals surface area (Å²) in [6, 6.07) is 3.05. The van der Waals surface area contributed by atoms with E-state index in [9.17, 15) is 55.8 Å². The Bertz CT molecular complexity index is 1080. The van der Waals surface area contributed by atoms with E-state index in [-0.39, 0.29) is 31.0 Å². The molecule has 0 spiro atoms. The zero-order valence-corrected chi connectivity index (χ0v) is 15.0. The van der Waals surface area contributed by atoms with Gasteiger partial charge in [-0.2, -0.15) is 30.7 Å². The molecule has 0 saturated heterocycles. The van der Waals surface area contributed by atoms with Crippen LogP contribution in [-0.4, -0.2) is 47.1 Å². The molecule has 0 fully saturated rings. The van der Waals surface area contributed by atoms with Gasteiger partial charge in [-0.15, -0.1) is 0 Å².